The van der Waals surface area contributed by atoms with Crippen LogP contribution in [0.3, 0.4) is 0 Å². The summed E-state index contributed by atoms with van der Waals surface area (Å²) in [5.41, 5.74) is 6.29. The van der Waals surface area contributed by atoms with Crippen molar-refractivity contribution in [2.45, 2.75) is 12.2 Å². The standard InChI is InChI=1S/C10H15NO5S/c1-6(17(12,13)14)7-4-10(16-3)8(11)5-9(7)15-2/h4-6H,11H2,1-3H3,(H,12,13,14). The first-order valence-electron chi connectivity index (χ1n) is 4.79. The fraction of sp³-hybridized carbons (Fsp3) is 0.400. The Kier molecular flexibility index (Phi) is 3.84. The zero-order chi connectivity index (χ0) is 13.2. The molecule has 0 fully saturated rings. The summed E-state index contributed by atoms with van der Waals surface area (Å²) < 4.78 is 41.3. The number of nitrogen functional groups attached to an aromatic ring is 1. The van der Waals surface area contributed by atoms with Gasteiger partial charge in [-0.2, -0.15) is 8.42 Å². The van der Waals surface area contributed by atoms with Gasteiger partial charge in [-0.1, -0.05) is 0 Å². The molecule has 0 aliphatic carbocycles. The summed E-state index contributed by atoms with van der Waals surface area (Å²) in [6.07, 6.45) is 0. The van der Waals surface area contributed by atoms with Crippen LogP contribution in [0.2, 0.25) is 0 Å². The highest BCUT2D eigenvalue weighted by molar-refractivity contribution is 7.86. The molecule has 0 bridgehead atoms. The third-order valence-corrected chi connectivity index (χ3v) is 3.61. The van der Waals surface area contributed by atoms with Crippen LogP contribution in [0, 0.1) is 0 Å². The Morgan fingerprint density at radius 3 is 2.18 bits per heavy atom. The third-order valence-electron chi connectivity index (χ3n) is 2.47. The Bertz CT molecular complexity index is 512. The molecule has 0 amide bonds. The molecule has 6 nitrogen and oxygen atoms in total. The lowest BCUT2D eigenvalue weighted by Crippen LogP contribution is -2.10. The molecule has 1 unspecified atom stereocenters. The first kappa shape index (κ1) is 13.6. The highest BCUT2D eigenvalue weighted by atomic mass is 32.2. The zero-order valence-corrected chi connectivity index (χ0v) is 10.6. The molecular weight excluding hydrogens is 246 g/mol. The number of hydrogen-bond acceptors (Lipinski definition) is 5. The molecule has 0 heterocycles. The molecule has 0 saturated heterocycles. The number of anilines is 1. The van der Waals surface area contributed by atoms with Crippen LogP contribution < -0.4 is 15.2 Å². The van der Waals surface area contributed by atoms with E-state index in [4.69, 9.17) is 19.8 Å². The molecule has 0 aliphatic rings. The van der Waals surface area contributed by atoms with Gasteiger partial charge in [0.25, 0.3) is 10.1 Å². The predicted molar refractivity (Wildman–Crippen MR) is 63.9 cm³/mol. The summed E-state index contributed by atoms with van der Waals surface area (Å²) in [4.78, 5) is 0. The minimum absolute atomic E-state index is 0.286. The quantitative estimate of drug-likeness (QED) is 0.625. The van der Waals surface area contributed by atoms with E-state index < -0.39 is 15.4 Å². The van der Waals surface area contributed by atoms with Gasteiger partial charge < -0.3 is 15.2 Å². The lowest BCUT2D eigenvalue weighted by Gasteiger charge is -2.16. The predicted octanol–water partition coefficient (Wildman–Crippen LogP) is 1.23. The number of nitrogens with two attached hydrogens (primary N) is 1. The van der Waals surface area contributed by atoms with Gasteiger partial charge in [-0.3, -0.25) is 4.55 Å². The molecule has 0 radical (unpaired) electrons. The summed E-state index contributed by atoms with van der Waals surface area (Å²) in [5, 5.41) is -1.12. The van der Waals surface area contributed by atoms with E-state index in [1.807, 2.05) is 0 Å². The van der Waals surface area contributed by atoms with Gasteiger partial charge in [-0.05, 0) is 13.0 Å². The van der Waals surface area contributed by atoms with Crippen molar-refractivity contribution in [3.8, 4) is 11.5 Å². The average Bonchev–Trinajstić information content (AvgIpc) is 2.26. The third kappa shape index (κ3) is 2.80. The number of hydrogen-bond donors (Lipinski definition) is 2. The number of ether oxygens (including phenoxy) is 2. The monoisotopic (exact) mass is 261 g/mol. The fourth-order valence-corrected chi connectivity index (χ4v) is 1.93. The molecule has 0 aliphatic heterocycles. The normalized spacial score (nSPS) is 13.2. The maximum Gasteiger partial charge on any atom is 0.271 e. The van der Waals surface area contributed by atoms with Gasteiger partial charge in [0, 0.05) is 11.6 Å². The summed E-state index contributed by atoms with van der Waals surface area (Å²) in [6, 6.07) is 2.89. The Labute approximate surface area is 100 Å². The second-order valence-electron chi connectivity index (χ2n) is 3.49. The summed E-state index contributed by atoms with van der Waals surface area (Å²) >= 11 is 0. The zero-order valence-electron chi connectivity index (χ0n) is 9.80. The smallest absolute Gasteiger partial charge is 0.271 e. The molecule has 96 valence electrons. The van der Waals surface area contributed by atoms with Gasteiger partial charge in [0.2, 0.25) is 0 Å². The van der Waals surface area contributed by atoms with Crippen molar-refractivity contribution >= 4 is 15.8 Å². The van der Waals surface area contributed by atoms with Crippen molar-refractivity contribution in [1.29, 1.82) is 0 Å². The molecule has 1 atom stereocenters. The van der Waals surface area contributed by atoms with Gasteiger partial charge >= 0.3 is 0 Å². The van der Waals surface area contributed by atoms with E-state index in [2.05, 4.69) is 0 Å². The second-order valence-corrected chi connectivity index (χ2v) is 5.23. The van der Waals surface area contributed by atoms with E-state index in [0.29, 0.717) is 17.0 Å². The van der Waals surface area contributed by atoms with Crippen molar-refractivity contribution in [2.75, 3.05) is 20.0 Å². The lowest BCUT2D eigenvalue weighted by molar-refractivity contribution is 0.398. The molecular formula is C10H15NO5S. The number of benzene rings is 1. The molecule has 0 saturated carbocycles. The Hall–Kier alpha value is -1.47. The molecule has 0 spiro atoms. The van der Waals surface area contributed by atoms with Crippen LogP contribution in [0.25, 0.3) is 0 Å². The maximum absolute atomic E-state index is 11.1. The van der Waals surface area contributed by atoms with Crippen molar-refractivity contribution in [3.63, 3.8) is 0 Å². The van der Waals surface area contributed by atoms with Crippen LogP contribution in [-0.2, 0) is 10.1 Å². The summed E-state index contributed by atoms with van der Waals surface area (Å²) in [7, 11) is -1.40. The van der Waals surface area contributed by atoms with E-state index in [1.165, 1.54) is 33.3 Å². The second kappa shape index (κ2) is 4.80. The van der Waals surface area contributed by atoms with E-state index in [0.717, 1.165) is 0 Å². The van der Waals surface area contributed by atoms with Crippen LogP contribution >= 0.6 is 0 Å². The molecule has 0 aromatic heterocycles. The van der Waals surface area contributed by atoms with E-state index in [1.54, 1.807) is 0 Å². The van der Waals surface area contributed by atoms with Gasteiger partial charge in [-0.15, -0.1) is 0 Å². The van der Waals surface area contributed by atoms with Crippen molar-refractivity contribution in [1.82, 2.24) is 0 Å². The first-order chi connectivity index (χ1) is 7.81. The maximum atomic E-state index is 11.1. The van der Waals surface area contributed by atoms with Crippen LogP contribution in [0.4, 0.5) is 5.69 Å². The SMILES string of the molecule is COc1cc(C(C)S(=O)(=O)O)c(OC)cc1N. The van der Waals surface area contributed by atoms with Gasteiger partial charge in [0.05, 0.1) is 19.9 Å². The van der Waals surface area contributed by atoms with E-state index in [-0.39, 0.29) is 5.75 Å². The number of rotatable bonds is 4. The Morgan fingerprint density at radius 2 is 1.76 bits per heavy atom. The van der Waals surface area contributed by atoms with Crippen LogP contribution in [0.5, 0.6) is 11.5 Å². The summed E-state index contributed by atoms with van der Waals surface area (Å²) in [6.45, 7) is 1.35. The van der Waals surface area contributed by atoms with Gasteiger partial charge in [-0.25, -0.2) is 0 Å². The molecule has 1 rings (SSSR count). The first-order valence-corrected chi connectivity index (χ1v) is 6.29. The van der Waals surface area contributed by atoms with Gasteiger partial charge in [0.15, 0.2) is 0 Å². The van der Waals surface area contributed by atoms with Crippen LogP contribution in [0.1, 0.15) is 17.7 Å². The van der Waals surface area contributed by atoms with Gasteiger partial charge in [0.1, 0.15) is 16.7 Å². The number of methoxy groups -OCH3 is 2. The summed E-state index contributed by atoms with van der Waals surface area (Å²) in [5.74, 6) is 0.615. The Balaban J connectivity index is 3.41. The largest absolute Gasteiger partial charge is 0.496 e. The topological polar surface area (TPSA) is 98.9 Å². The van der Waals surface area contributed by atoms with E-state index in [9.17, 15) is 8.42 Å². The lowest BCUT2D eigenvalue weighted by atomic mass is 10.1. The highest BCUT2D eigenvalue weighted by Crippen LogP contribution is 2.36. The average molecular weight is 261 g/mol. The minimum Gasteiger partial charge on any atom is -0.496 e. The highest BCUT2D eigenvalue weighted by Gasteiger charge is 2.24. The fourth-order valence-electron chi connectivity index (χ4n) is 1.42. The van der Waals surface area contributed by atoms with Crippen molar-refractivity contribution in [3.05, 3.63) is 17.7 Å². The minimum atomic E-state index is -4.20. The van der Waals surface area contributed by atoms with Crippen molar-refractivity contribution < 1.29 is 22.4 Å². The van der Waals surface area contributed by atoms with Crippen LogP contribution in [0.15, 0.2) is 12.1 Å². The molecule has 3 N–H and O–H groups in total. The van der Waals surface area contributed by atoms with Crippen molar-refractivity contribution in [2.24, 2.45) is 0 Å². The molecule has 1 aromatic carbocycles. The molecule has 1 aromatic rings. The van der Waals surface area contributed by atoms with E-state index >= 15 is 0 Å². The Morgan fingerprint density at radius 1 is 1.24 bits per heavy atom. The van der Waals surface area contributed by atoms with Crippen LogP contribution in [-0.4, -0.2) is 27.2 Å². The molecule has 17 heavy (non-hydrogen) atoms. The molecule has 7 heteroatoms.